The zero-order valence-electron chi connectivity index (χ0n) is 13.0. The first kappa shape index (κ1) is 16.2. The summed E-state index contributed by atoms with van der Waals surface area (Å²) in [5.41, 5.74) is -0.144. The number of rotatable bonds is 4. The molecule has 21 heavy (non-hydrogen) atoms. The molecule has 0 bridgehead atoms. The van der Waals surface area contributed by atoms with Crippen molar-refractivity contribution < 1.29 is 14.3 Å². The highest BCUT2D eigenvalue weighted by Crippen LogP contribution is 2.44. The average Bonchev–Trinajstić information content (AvgIpc) is 2.82. The largest absolute Gasteiger partial charge is 0.375 e. The highest BCUT2D eigenvalue weighted by molar-refractivity contribution is 7.60. The normalized spacial score (nSPS) is 27.6. The lowest BCUT2D eigenvalue weighted by molar-refractivity contribution is -0.486. The summed E-state index contributed by atoms with van der Waals surface area (Å²) in [7, 11) is -2.61. The van der Waals surface area contributed by atoms with Crippen LogP contribution in [0.4, 0.5) is 0 Å². The van der Waals surface area contributed by atoms with Gasteiger partial charge in [-0.1, -0.05) is 0 Å². The molecule has 2 aliphatic heterocycles. The first-order chi connectivity index (χ1) is 9.58. The Labute approximate surface area is 124 Å². The van der Waals surface area contributed by atoms with E-state index in [0.29, 0.717) is 32.2 Å². The standard InChI is InChI=1S/C12H23N4O4P/c1-12(2)7-10(9-20-12)8-14-5-6-15(21(3,4)19)11(14)13-16(17)18/h10H,5-9H2,1-4H3. The van der Waals surface area contributed by atoms with Crippen molar-refractivity contribution in [3.63, 3.8) is 0 Å². The van der Waals surface area contributed by atoms with Gasteiger partial charge in [-0.15, -0.1) is 0 Å². The summed E-state index contributed by atoms with van der Waals surface area (Å²) in [4.78, 5) is 12.6. The van der Waals surface area contributed by atoms with Crippen LogP contribution in [0.5, 0.6) is 0 Å². The summed E-state index contributed by atoms with van der Waals surface area (Å²) in [6, 6.07) is 0. The molecular weight excluding hydrogens is 295 g/mol. The predicted octanol–water partition coefficient (Wildman–Crippen LogP) is 1.50. The molecule has 120 valence electrons. The van der Waals surface area contributed by atoms with Crippen molar-refractivity contribution in [1.29, 1.82) is 0 Å². The molecule has 0 spiro atoms. The van der Waals surface area contributed by atoms with E-state index in [0.717, 1.165) is 6.42 Å². The summed E-state index contributed by atoms with van der Waals surface area (Å²) in [6.07, 6.45) is 0.908. The van der Waals surface area contributed by atoms with E-state index in [2.05, 4.69) is 5.10 Å². The molecule has 0 aromatic rings. The van der Waals surface area contributed by atoms with E-state index >= 15 is 0 Å². The second-order valence-corrected chi connectivity index (χ2v) is 9.71. The minimum atomic E-state index is -2.61. The van der Waals surface area contributed by atoms with Gasteiger partial charge in [0.2, 0.25) is 0 Å². The van der Waals surface area contributed by atoms with Crippen molar-refractivity contribution in [2.24, 2.45) is 11.0 Å². The molecule has 1 atom stereocenters. The van der Waals surface area contributed by atoms with E-state index in [1.165, 1.54) is 0 Å². The van der Waals surface area contributed by atoms with E-state index < -0.39 is 12.3 Å². The van der Waals surface area contributed by atoms with E-state index in [1.54, 1.807) is 18.0 Å². The van der Waals surface area contributed by atoms with Crippen LogP contribution in [0.3, 0.4) is 0 Å². The van der Waals surface area contributed by atoms with Crippen LogP contribution in [0.15, 0.2) is 5.10 Å². The van der Waals surface area contributed by atoms with Gasteiger partial charge in [0, 0.05) is 38.9 Å². The Bertz CT molecular complexity index is 501. The van der Waals surface area contributed by atoms with Gasteiger partial charge in [0.25, 0.3) is 5.96 Å². The number of nitrogens with zero attached hydrogens (tertiary/aromatic N) is 4. The van der Waals surface area contributed by atoms with Gasteiger partial charge < -0.3 is 14.2 Å². The van der Waals surface area contributed by atoms with Crippen molar-refractivity contribution in [3.8, 4) is 0 Å². The van der Waals surface area contributed by atoms with Crippen molar-refractivity contribution in [3.05, 3.63) is 10.1 Å². The topological polar surface area (TPSA) is 88.3 Å². The summed E-state index contributed by atoms with van der Waals surface area (Å²) < 4.78 is 19.5. The monoisotopic (exact) mass is 318 g/mol. The molecule has 2 rings (SSSR count). The van der Waals surface area contributed by atoms with Crippen molar-refractivity contribution in [2.45, 2.75) is 25.9 Å². The van der Waals surface area contributed by atoms with Crippen LogP contribution >= 0.6 is 7.29 Å². The lowest BCUT2D eigenvalue weighted by atomic mass is 9.97. The Balaban J connectivity index is 2.12. The van der Waals surface area contributed by atoms with E-state index in [-0.39, 0.29) is 11.6 Å². The molecule has 0 aromatic carbocycles. The predicted molar refractivity (Wildman–Crippen MR) is 80.3 cm³/mol. The zero-order chi connectivity index (χ0) is 15.8. The van der Waals surface area contributed by atoms with Crippen LogP contribution in [0.2, 0.25) is 0 Å². The van der Waals surface area contributed by atoms with Gasteiger partial charge in [-0.25, -0.2) is 10.1 Å². The third kappa shape index (κ3) is 3.95. The molecule has 2 saturated heterocycles. The molecule has 0 radical (unpaired) electrons. The fourth-order valence-corrected chi connectivity index (χ4v) is 4.15. The molecule has 9 heteroatoms. The number of hydrogen-bond acceptors (Lipinski definition) is 4. The minimum absolute atomic E-state index is 0.144. The molecule has 0 N–H and O–H groups in total. The van der Waals surface area contributed by atoms with Crippen molar-refractivity contribution >= 4 is 13.3 Å². The maximum atomic E-state index is 12.3. The second-order valence-electron chi connectivity index (χ2n) is 6.64. The van der Waals surface area contributed by atoms with Gasteiger partial charge >= 0.3 is 0 Å². The van der Waals surface area contributed by atoms with Gasteiger partial charge in [-0.05, 0) is 20.3 Å². The second kappa shape index (κ2) is 5.57. The first-order valence-electron chi connectivity index (χ1n) is 7.03. The Hall–Kier alpha value is -1.14. The Morgan fingerprint density at radius 2 is 2.14 bits per heavy atom. The molecular formula is C12H23N4O4P. The first-order valence-corrected chi connectivity index (χ1v) is 9.59. The Morgan fingerprint density at radius 3 is 2.62 bits per heavy atom. The summed E-state index contributed by atoms with van der Waals surface area (Å²) in [5, 5.41) is 13.5. The lowest BCUT2D eigenvalue weighted by Gasteiger charge is -2.25. The van der Waals surface area contributed by atoms with E-state index in [9.17, 15) is 14.7 Å². The fraction of sp³-hybridized carbons (Fsp3) is 0.917. The van der Waals surface area contributed by atoms with Gasteiger partial charge in [0.15, 0.2) is 12.3 Å². The minimum Gasteiger partial charge on any atom is -0.375 e. The van der Waals surface area contributed by atoms with Gasteiger partial charge in [0.1, 0.15) is 5.10 Å². The van der Waals surface area contributed by atoms with Crippen LogP contribution in [0, 0.1) is 16.0 Å². The van der Waals surface area contributed by atoms with Crippen LogP contribution in [0.25, 0.3) is 0 Å². The molecule has 0 saturated carbocycles. The average molecular weight is 318 g/mol. The van der Waals surface area contributed by atoms with Crippen molar-refractivity contribution in [1.82, 2.24) is 9.57 Å². The molecule has 0 aromatic heterocycles. The highest BCUT2D eigenvalue weighted by atomic mass is 31.2. The Kier molecular flexibility index (Phi) is 4.31. The SMILES string of the molecule is CC1(C)CC(CN2CCN(P(C)(C)=O)C2=N[N+](=O)[O-])CO1. The third-order valence-electron chi connectivity index (χ3n) is 3.82. The Morgan fingerprint density at radius 1 is 1.48 bits per heavy atom. The fourth-order valence-electron chi connectivity index (χ4n) is 2.98. The number of ether oxygens (including phenoxy) is 1. The van der Waals surface area contributed by atoms with E-state index in [4.69, 9.17) is 4.74 Å². The third-order valence-corrected chi connectivity index (χ3v) is 5.36. The molecule has 0 amide bonds. The number of hydrogen-bond donors (Lipinski definition) is 0. The quantitative estimate of drug-likeness (QED) is 0.443. The maximum Gasteiger partial charge on any atom is 0.279 e. The summed E-state index contributed by atoms with van der Waals surface area (Å²) >= 11 is 0. The lowest BCUT2D eigenvalue weighted by Crippen LogP contribution is -2.36. The highest BCUT2D eigenvalue weighted by Gasteiger charge is 2.39. The van der Waals surface area contributed by atoms with E-state index in [1.807, 2.05) is 18.7 Å². The number of nitro groups is 1. The maximum absolute atomic E-state index is 12.3. The van der Waals surface area contributed by atoms with Crippen LogP contribution in [0.1, 0.15) is 20.3 Å². The summed E-state index contributed by atoms with van der Waals surface area (Å²) in [5.74, 6) is 0.531. The molecule has 8 nitrogen and oxygen atoms in total. The number of guanidine groups is 1. The van der Waals surface area contributed by atoms with Gasteiger partial charge in [-0.3, -0.25) is 4.67 Å². The van der Waals surface area contributed by atoms with Gasteiger partial charge in [-0.2, -0.15) is 0 Å². The zero-order valence-corrected chi connectivity index (χ0v) is 13.9. The number of hydrazone groups is 1. The molecule has 0 aliphatic carbocycles. The molecule has 1 unspecified atom stereocenters. The molecule has 2 fully saturated rings. The van der Waals surface area contributed by atoms with Crippen LogP contribution in [-0.4, -0.2) is 65.7 Å². The molecule has 2 heterocycles. The van der Waals surface area contributed by atoms with Crippen molar-refractivity contribution in [2.75, 3.05) is 39.6 Å². The molecule has 2 aliphatic rings. The van der Waals surface area contributed by atoms with Crippen LogP contribution < -0.4 is 0 Å². The summed E-state index contributed by atoms with van der Waals surface area (Å²) in [6.45, 7) is 9.70. The van der Waals surface area contributed by atoms with Crippen LogP contribution in [-0.2, 0) is 9.30 Å². The smallest absolute Gasteiger partial charge is 0.279 e. The van der Waals surface area contributed by atoms with Gasteiger partial charge in [0.05, 0.1) is 12.2 Å².